The molecular weight excluding hydrogens is 264 g/mol. The molecule has 0 heterocycles. The molecule has 0 fully saturated rings. The molecule has 3 N–H and O–H groups in total. The van der Waals surface area contributed by atoms with E-state index in [4.69, 9.17) is 20.1 Å². The van der Waals surface area contributed by atoms with Gasteiger partial charge in [-0.25, -0.2) is 0 Å². The Morgan fingerprint density at radius 3 is 2.20 bits per heavy atom. The number of aliphatic carboxylic acids is 1. The molecule has 0 atom stereocenters. The third kappa shape index (κ3) is 5.90. The second kappa shape index (κ2) is 7.83. The Hall–Kier alpha value is -2.50. The van der Waals surface area contributed by atoms with E-state index in [-0.39, 0.29) is 31.3 Å². The molecule has 1 rings (SSSR count). The van der Waals surface area contributed by atoms with Crippen molar-refractivity contribution < 1.29 is 29.6 Å². The average molecular weight is 280 g/mol. The molecule has 6 heteroatoms. The van der Waals surface area contributed by atoms with E-state index in [0.29, 0.717) is 5.75 Å². The van der Waals surface area contributed by atoms with Gasteiger partial charge in [0.2, 0.25) is 0 Å². The topological polar surface area (TPSA) is 104 Å². The first-order chi connectivity index (χ1) is 9.49. The van der Waals surface area contributed by atoms with Crippen molar-refractivity contribution in [2.75, 3.05) is 0 Å². The number of carbonyl (C=O) groups excluding carboxylic acids is 1. The zero-order chi connectivity index (χ0) is 15.0. The normalized spacial score (nSPS) is 9.80. The first-order valence-electron chi connectivity index (χ1n) is 6.06. The van der Waals surface area contributed by atoms with Crippen LogP contribution in [0.3, 0.4) is 0 Å². The molecule has 0 radical (unpaired) electrons. The standard InChI is InChI=1S/C14H16O6/c15-12(16)8-4-5-10(14(18)19)9-13(17)20-11-6-2-1-3-7-11/h1-3,6-7,18-19H,4-5,8-9H2,(H,15,16). The van der Waals surface area contributed by atoms with Crippen molar-refractivity contribution in [3.8, 4) is 5.75 Å². The number of hydrogen-bond acceptors (Lipinski definition) is 5. The van der Waals surface area contributed by atoms with E-state index in [0.717, 1.165) is 0 Å². The molecule has 0 aromatic heterocycles. The summed E-state index contributed by atoms with van der Waals surface area (Å²) < 4.78 is 5.01. The van der Waals surface area contributed by atoms with Gasteiger partial charge in [-0.05, 0) is 25.0 Å². The molecule has 1 aromatic carbocycles. The Balaban J connectivity index is 2.52. The van der Waals surface area contributed by atoms with Gasteiger partial charge in [0.05, 0.1) is 6.42 Å². The van der Waals surface area contributed by atoms with Crippen LogP contribution in [0.2, 0.25) is 0 Å². The summed E-state index contributed by atoms with van der Waals surface area (Å²) in [5.74, 6) is -2.21. The molecule has 0 aliphatic heterocycles. The molecular formula is C14H16O6. The van der Waals surface area contributed by atoms with Gasteiger partial charge in [-0.15, -0.1) is 0 Å². The molecule has 20 heavy (non-hydrogen) atoms. The van der Waals surface area contributed by atoms with Crippen molar-refractivity contribution in [3.05, 3.63) is 41.9 Å². The molecule has 0 aliphatic rings. The first-order valence-corrected chi connectivity index (χ1v) is 6.06. The fourth-order valence-corrected chi connectivity index (χ4v) is 1.56. The van der Waals surface area contributed by atoms with E-state index in [1.54, 1.807) is 30.3 Å². The lowest BCUT2D eigenvalue weighted by atomic mass is 10.1. The Labute approximate surface area is 115 Å². The Morgan fingerprint density at radius 1 is 1.00 bits per heavy atom. The van der Waals surface area contributed by atoms with Crippen molar-refractivity contribution in [1.29, 1.82) is 0 Å². The second-order valence-corrected chi connectivity index (χ2v) is 4.14. The summed E-state index contributed by atoms with van der Waals surface area (Å²) in [4.78, 5) is 22.0. The number of carboxylic acids is 1. The van der Waals surface area contributed by atoms with Crippen LogP contribution in [0.1, 0.15) is 25.7 Å². The van der Waals surface area contributed by atoms with Crippen LogP contribution in [0.15, 0.2) is 41.9 Å². The van der Waals surface area contributed by atoms with Crippen molar-refractivity contribution in [1.82, 2.24) is 0 Å². The monoisotopic (exact) mass is 280 g/mol. The molecule has 6 nitrogen and oxygen atoms in total. The number of hydrogen-bond donors (Lipinski definition) is 3. The van der Waals surface area contributed by atoms with Crippen molar-refractivity contribution in [3.63, 3.8) is 0 Å². The molecule has 0 aliphatic carbocycles. The Kier molecular flexibility index (Phi) is 6.09. The highest BCUT2D eigenvalue weighted by molar-refractivity contribution is 5.75. The molecule has 0 bridgehead atoms. The lowest BCUT2D eigenvalue weighted by molar-refractivity contribution is -0.137. The van der Waals surface area contributed by atoms with Gasteiger partial charge in [-0.2, -0.15) is 0 Å². The molecule has 108 valence electrons. The highest BCUT2D eigenvalue weighted by Crippen LogP contribution is 2.17. The van der Waals surface area contributed by atoms with Gasteiger partial charge in [0.1, 0.15) is 5.75 Å². The van der Waals surface area contributed by atoms with E-state index >= 15 is 0 Å². The van der Waals surface area contributed by atoms with Crippen LogP contribution in [-0.2, 0) is 9.59 Å². The number of carbonyl (C=O) groups is 2. The van der Waals surface area contributed by atoms with Crippen LogP contribution in [0.4, 0.5) is 0 Å². The predicted molar refractivity (Wildman–Crippen MR) is 70.5 cm³/mol. The summed E-state index contributed by atoms with van der Waals surface area (Å²) in [6, 6.07) is 8.38. The fraction of sp³-hybridized carbons (Fsp3) is 0.286. The van der Waals surface area contributed by atoms with Crippen molar-refractivity contribution in [2.45, 2.75) is 25.7 Å². The van der Waals surface area contributed by atoms with E-state index < -0.39 is 17.9 Å². The first kappa shape index (κ1) is 15.6. The number of para-hydroxylation sites is 1. The Bertz CT molecular complexity index is 488. The van der Waals surface area contributed by atoms with Crippen molar-refractivity contribution >= 4 is 11.9 Å². The summed E-state index contributed by atoms with van der Waals surface area (Å²) in [6.45, 7) is 0. The molecule has 0 amide bonds. The zero-order valence-corrected chi connectivity index (χ0v) is 10.8. The van der Waals surface area contributed by atoms with Crippen LogP contribution >= 0.6 is 0 Å². The molecule has 0 spiro atoms. The van der Waals surface area contributed by atoms with Gasteiger partial charge in [0.25, 0.3) is 5.95 Å². The van der Waals surface area contributed by atoms with E-state index in [1.807, 2.05) is 0 Å². The predicted octanol–water partition coefficient (Wildman–Crippen LogP) is 2.56. The van der Waals surface area contributed by atoms with Gasteiger partial charge in [0.15, 0.2) is 0 Å². The van der Waals surface area contributed by atoms with Crippen LogP contribution < -0.4 is 4.74 Å². The zero-order valence-electron chi connectivity index (χ0n) is 10.8. The van der Waals surface area contributed by atoms with E-state index in [2.05, 4.69) is 0 Å². The number of rotatable bonds is 7. The summed E-state index contributed by atoms with van der Waals surface area (Å²) >= 11 is 0. The number of aliphatic hydroxyl groups is 2. The number of carboxylic acid groups (broad SMARTS) is 1. The smallest absolute Gasteiger partial charge is 0.315 e. The van der Waals surface area contributed by atoms with Gasteiger partial charge < -0.3 is 20.1 Å². The van der Waals surface area contributed by atoms with Crippen LogP contribution in [0, 0.1) is 0 Å². The fourth-order valence-electron chi connectivity index (χ4n) is 1.56. The van der Waals surface area contributed by atoms with Crippen LogP contribution in [0.5, 0.6) is 5.75 Å². The maximum absolute atomic E-state index is 11.6. The van der Waals surface area contributed by atoms with Gasteiger partial charge in [-0.1, -0.05) is 18.2 Å². The molecule has 1 aromatic rings. The SMILES string of the molecule is O=C(O)CCCC(CC(=O)Oc1ccccc1)=C(O)O. The van der Waals surface area contributed by atoms with E-state index in [9.17, 15) is 9.59 Å². The third-order valence-electron chi connectivity index (χ3n) is 2.52. The average Bonchev–Trinajstić information content (AvgIpc) is 2.38. The largest absolute Gasteiger partial charge is 0.481 e. The second-order valence-electron chi connectivity index (χ2n) is 4.14. The minimum atomic E-state index is -0.978. The lowest BCUT2D eigenvalue weighted by Gasteiger charge is -2.07. The van der Waals surface area contributed by atoms with Crippen molar-refractivity contribution in [2.24, 2.45) is 0 Å². The van der Waals surface area contributed by atoms with Gasteiger partial charge in [-0.3, -0.25) is 9.59 Å². The summed E-state index contributed by atoms with van der Waals surface area (Å²) in [5.41, 5.74) is 0.0622. The highest BCUT2D eigenvalue weighted by Gasteiger charge is 2.13. The summed E-state index contributed by atoms with van der Waals surface area (Å²) in [7, 11) is 0. The molecule has 0 saturated carbocycles. The number of aliphatic hydroxyl groups excluding tert-OH is 1. The van der Waals surface area contributed by atoms with E-state index in [1.165, 1.54) is 0 Å². The minimum Gasteiger partial charge on any atom is -0.481 e. The molecule has 0 unspecified atom stereocenters. The summed E-state index contributed by atoms with van der Waals surface area (Å²) in [5, 5.41) is 26.7. The quantitative estimate of drug-likeness (QED) is 0.403. The molecule has 0 saturated heterocycles. The van der Waals surface area contributed by atoms with Crippen LogP contribution in [-0.4, -0.2) is 27.3 Å². The lowest BCUT2D eigenvalue weighted by Crippen LogP contribution is -2.10. The van der Waals surface area contributed by atoms with Gasteiger partial charge >= 0.3 is 11.9 Å². The maximum atomic E-state index is 11.6. The maximum Gasteiger partial charge on any atom is 0.315 e. The Morgan fingerprint density at radius 2 is 1.65 bits per heavy atom. The minimum absolute atomic E-state index is 0.0622. The highest BCUT2D eigenvalue weighted by atomic mass is 16.5. The van der Waals surface area contributed by atoms with Crippen LogP contribution in [0.25, 0.3) is 0 Å². The van der Waals surface area contributed by atoms with Gasteiger partial charge in [0, 0.05) is 12.0 Å². The third-order valence-corrected chi connectivity index (χ3v) is 2.52. The number of esters is 1. The summed E-state index contributed by atoms with van der Waals surface area (Å²) in [6.07, 6.45) is -0.0756. The number of benzene rings is 1. The number of ether oxygens (including phenoxy) is 1.